The lowest BCUT2D eigenvalue weighted by Gasteiger charge is -2.06. The minimum Gasteiger partial charge on any atom is -0.344 e. The molecule has 0 aliphatic rings. The number of benzene rings is 1. The molecule has 0 saturated heterocycles. The van der Waals surface area contributed by atoms with Crippen LogP contribution in [0.3, 0.4) is 0 Å². The van der Waals surface area contributed by atoms with Gasteiger partial charge in [0.15, 0.2) is 0 Å². The summed E-state index contributed by atoms with van der Waals surface area (Å²) in [7, 11) is -3.58. The van der Waals surface area contributed by atoms with Gasteiger partial charge in [0.2, 0.25) is 0 Å². The van der Waals surface area contributed by atoms with Crippen LogP contribution in [0.25, 0.3) is 0 Å². The van der Waals surface area contributed by atoms with Gasteiger partial charge in [0, 0.05) is 0 Å². The van der Waals surface area contributed by atoms with Gasteiger partial charge in [-0.05, 0) is 18.6 Å². The first kappa shape index (κ1) is 28.1. The molecule has 0 atom stereocenters. The standard InChI is InChI=1S/C24H42O3S.H3N/c1-2-3-4-5-6-7-8-9-10-11-12-13-14-15-16-20-23-27-28(25,26)24-21-18-17-19-22-24;/h17-19,21-22H,2-16,20,23H2,1H3;1H3. The van der Waals surface area contributed by atoms with E-state index in [1.807, 2.05) is 0 Å². The molecule has 4 nitrogen and oxygen atoms in total. The molecule has 0 amide bonds. The van der Waals surface area contributed by atoms with Gasteiger partial charge in [0.1, 0.15) is 0 Å². The molecule has 0 spiro atoms. The van der Waals surface area contributed by atoms with Crippen LogP contribution in [0, 0.1) is 0 Å². The fraction of sp³-hybridized carbons (Fsp3) is 0.750. The van der Waals surface area contributed by atoms with Crippen molar-refractivity contribution in [2.24, 2.45) is 0 Å². The van der Waals surface area contributed by atoms with Crippen molar-refractivity contribution in [3.8, 4) is 0 Å². The Balaban J connectivity index is 0.00000784. The Morgan fingerprint density at radius 1 is 0.621 bits per heavy atom. The molecule has 3 N–H and O–H groups in total. The van der Waals surface area contributed by atoms with Gasteiger partial charge in [0.25, 0.3) is 10.1 Å². The van der Waals surface area contributed by atoms with Gasteiger partial charge in [-0.25, -0.2) is 0 Å². The highest BCUT2D eigenvalue weighted by atomic mass is 32.2. The van der Waals surface area contributed by atoms with E-state index in [1.54, 1.807) is 30.3 Å². The van der Waals surface area contributed by atoms with E-state index in [0.29, 0.717) is 0 Å². The quantitative estimate of drug-likeness (QED) is 0.180. The van der Waals surface area contributed by atoms with Crippen molar-refractivity contribution in [3.63, 3.8) is 0 Å². The van der Waals surface area contributed by atoms with Crippen LogP contribution in [0.1, 0.15) is 110 Å². The summed E-state index contributed by atoms with van der Waals surface area (Å²) in [6.07, 6.45) is 20.9. The van der Waals surface area contributed by atoms with Crippen molar-refractivity contribution in [1.82, 2.24) is 6.15 Å². The summed E-state index contributed by atoms with van der Waals surface area (Å²) in [6.45, 7) is 2.56. The average molecular weight is 428 g/mol. The highest BCUT2D eigenvalue weighted by Gasteiger charge is 2.13. The van der Waals surface area contributed by atoms with E-state index < -0.39 is 10.1 Å². The lowest BCUT2D eigenvalue weighted by Crippen LogP contribution is -2.07. The Morgan fingerprint density at radius 3 is 1.41 bits per heavy atom. The predicted octanol–water partition coefficient (Wildman–Crippen LogP) is 7.82. The van der Waals surface area contributed by atoms with Crippen molar-refractivity contribution in [2.75, 3.05) is 6.61 Å². The summed E-state index contributed by atoms with van der Waals surface area (Å²) in [5.41, 5.74) is 0. The maximum atomic E-state index is 12.0. The monoisotopic (exact) mass is 427 g/mol. The Morgan fingerprint density at radius 2 is 1.00 bits per heavy atom. The van der Waals surface area contributed by atoms with Gasteiger partial charge in [-0.15, -0.1) is 0 Å². The van der Waals surface area contributed by atoms with E-state index in [-0.39, 0.29) is 17.7 Å². The summed E-state index contributed by atoms with van der Waals surface area (Å²) in [5.74, 6) is 0. The van der Waals surface area contributed by atoms with E-state index in [2.05, 4.69) is 6.92 Å². The summed E-state index contributed by atoms with van der Waals surface area (Å²) in [4.78, 5) is 0.242. The molecule has 1 aromatic rings. The summed E-state index contributed by atoms with van der Waals surface area (Å²) in [5, 5.41) is 0. The van der Waals surface area contributed by atoms with Crippen LogP contribution in [0.5, 0.6) is 0 Å². The van der Waals surface area contributed by atoms with E-state index in [1.165, 1.54) is 89.9 Å². The molecule has 0 aromatic heterocycles. The van der Waals surface area contributed by atoms with Crippen molar-refractivity contribution < 1.29 is 12.6 Å². The Kier molecular flexibility index (Phi) is 18.5. The molecular formula is C24H45NO3S. The highest BCUT2D eigenvalue weighted by molar-refractivity contribution is 7.86. The summed E-state index contributed by atoms with van der Waals surface area (Å²) >= 11 is 0. The molecule has 170 valence electrons. The van der Waals surface area contributed by atoms with Crippen LogP contribution in [0.4, 0.5) is 0 Å². The van der Waals surface area contributed by atoms with Crippen LogP contribution in [-0.2, 0) is 14.3 Å². The smallest absolute Gasteiger partial charge is 0.296 e. The second-order valence-corrected chi connectivity index (χ2v) is 9.51. The van der Waals surface area contributed by atoms with Crippen molar-refractivity contribution >= 4 is 10.1 Å². The van der Waals surface area contributed by atoms with Gasteiger partial charge >= 0.3 is 0 Å². The summed E-state index contributed by atoms with van der Waals surface area (Å²) < 4.78 is 29.0. The molecule has 5 heteroatoms. The first-order valence-electron chi connectivity index (χ1n) is 11.6. The van der Waals surface area contributed by atoms with E-state index >= 15 is 0 Å². The zero-order valence-corrected chi connectivity index (χ0v) is 19.6. The first-order valence-corrected chi connectivity index (χ1v) is 13.0. The van der Waals surface area contributed by atoms with Gasteiger partial charge < -0.3 is 6.15 Å². The number of hydrogen-bond acceptors (Lipinski definition) is 4. The molecule has 1 aromatic carbocycles. The topological polar surface area (TPSA) is 78.4 Å². The molecular weight excluding hydrogens is 382 g/mol. The van der Waals surface area contributed by atoms with Gasteiger partial charge in [-0.3, -0.25) is 4.18 Å². The van der Waals surface area contributed by atoms with Crippen LogP contribution < -0.4 is 6.15 Å². The van der Waals surface area contributed by atoms with Gasteiger partial charge in [0.05, 0.1) is 11.5 Å². The van der Waals surface area contributed by atoms with E-state index in [4.69, 9.17) is 4.18 Å². The third-order valence-electron chi connectivity index (χ3n) is 5.27. The second-order valence-electron chi connectivity index (χ2n) is 7.89. The van der Waals surface area contributed by atoms with Gasteiger partial charge in [-0.2, -0.15) is 8.42 Å². The lowest BCUT2D eigenvalue weighted by molar-refractivity contribution is 0.306. The predicted molar refractivity (Wildman–Crippen MR) is 124 cm³/mol. The average Bonchev–Trinajstić information content (AvgIpc) is 2.71. The number of unbranched alkanes of at least 4 members (excludes halogenated alkanes) is 15. The Hall–Kier alpha value is -0.910. The van der Waals surface area contributed by atoms with Crippen molar-refractivity contribution in [3.05, 3.63) is 30.3 Å². The molecule has 0 radical (unpaired) electrons. The first-order chi connectivity index (χ1) is 13.7. The Bertz CT molecular complexity index is 561. The van der Waals surface area contributed by atoms with Crippen molar-refractivity contribution in [1.29, 1.82) is 0 Å². The fourth-order valence-corrected chi connectivity index (χ4v) is 4.44. The van der Waals surface area contributed by atoms with Crippen LogP contribution in [0.2, 0.25) is 0 Å². The molecule has 0 heterocycles. The van der Waals surface area contributed by atoms with E-state index in [0.717, 1.165) is 12.8 Å². The zero-order chi connectivity index (χ0) is 20.3. The molecule has 1 rings (SSSR count). The van der Waals surface area contributed by atoms with Gasteiger partial charge in [-0.1, -0.05) is 121 Å². The molecule has 29 heavy (non-hydrogen) atoms. The maximum Gasteiger partial charge on any atom is 0.296 e. The third kappa shape index (κ3) is 15.6. The van der Waals surface area contributed by atoms with Crippen LogP contribution >= 0.6 is 0 Å². The normalized spacial score (nSPS) is 11.3. The fourth-order valence-electron chi connectivity index (χ4n) is 3.47. The molecule has 0 unspecified atom stereocenters. The minimum absolute atomic E-state index is 0. The third-order valence-corrected chi connectivity index (χ3v) is 6.59. The highest BCUT2D eigenvalue weighted by Crippen LogP contribution is 2.15. The SMILES string of the molecule is CCCCCCCCCCCCCCCCCCOS(=O)(=O)c1ccccc1.N. The van der Waals surface area contributed by atoms with Crippen LogP contribution in [0.15, 0.2) is 35.2 Å². The molecule has 0 bridgehead atoms. The Labute approximate surface area is 180 Å². The number of rotatable bonds is 19. The summed E-state index contributed by atoms with van der Waals surface area (Å²) in [6, 6.07) is 8.37. The zero-order valence-electron chi connectivity index (χ0n) is 18.7. The maximum absolute atomic E-state index is 12.0. The molecule has 0 aliphatic carbocycles. The van der Waals surface area contributed by atoms with E-state index in [9.17, 15) is 8.42 Å². The van der Waals surface area contributed by atoms with Crippen molar-refractivity contribution in [2.45, 2.75) is 115 Å². The molecule has 0 saturated carbocycles. The number of hydrogen-bond donors (Lipinski definition) is 1. The molecule has 0 aliphatic heterocycles. The minimum atomic E-state index is -3.58. The van der Waals surface area contributed by atoms with Crippen LogP contribution in [-0.4, -0.2) is 15.0 Å². The second kappa shape index (κ2) is 19.1. The lowest BCUT2D eigenvalue weighted by atomic mass is 10.0. The molecule has 0 fully saturated rings. The largest absolute Gasteiger partial charge is 0.344 e.